The quantitative estimate of drug-likeness (QED) is 0.616. The van der Waals surface area contributed by atoms with Crippen LogP contribution < -0.4 is 0 Å². The van der Waals surface area contributed by atoms with E-state index in [0.29, 0.717) is 12.4 Å². The van der Waals surface area contributed by atoms with Crippen LogP contribution in [0.15, 0.2) is 24.3 Å². The van der Waals surface area contributed by atoms with Gasteiger partial charge in [0.15, 0.2) is 0 Å². The van der Waals surface area contributed by atoms with Gasteiger partial charge in [0, 0.05) is 24.0 Å². The first kappa shape index (κ1) is 13.0. The summed E-state index contributed by atoms with van der Waals surface area (Å²) in [7, 11) is 1.93. The van der Waals surface area contributed by atoms with Crippen LogP contribution in [0.4, 0.5) is 0 Å². The van der Waals surface area contributed by atoms with Crippen LogP contribution >= 0.6 is 11.6 Å². The lowest BCUT2D eigenvalue weighted by Crippen LogP contribution is -2.35. The second-order valence-corrected chi connectivity index (χ2v) is 5.45. The predicted molar refractivity (Wildman–Crippen MR) is 70.1 cm³/mol. The summed E-state index contributed by atoms with van der Waals surface area (Å²) in [5.74, 6) is 0.618. The first-order valence-corrected chi connectivity index (χ1v) is 5.73. The maximum Gasteiger partial charge on any atom is 0.101 e. The second-order valence-electron chi connectivity index (χ2n) is 5.05. The van der Waals surface area contributed by atoms with Gasteiger partial charge in [0.05, 0.1) is 0 Å². The molecule has 16 heavy (non-hydrogen) atoms. The Morgan fingerprint density at radius 1 is 1.31 bits per heavy atom. The van der Waals surface area contributed by atoms with E-state index in [4.69, 9.17) is 17.0 Å². The molecule has 0 heterocycles. The van der Waals surface area contributed by atoms with Gasteiger partial charge in [-0.3, -0.25) is 5.41 Å². The molecule has 1 aromatic rings. The van der Waals surface area contributed by atoms with Crippen molar-refractivity contribution in [2.24, 2.45) is 5.41 Å². The maximum atomic E-state index is 8.05. The van der Waals surface area contributed by atoms with Gasteiger partial charge in [0.25, 0.3) is 0 Å². The molecule has 3 heteroatoms. The third kappa shape index (κ3) is 3.24. The Labute approximate surface area is 103 Å². The fourth-order valence-electron chi connectivity index (χ4n) is 1.53. The number of hydrogen-bond acceptors (Lipinski definition) is 1. The van der Waals surface area contributed by atoms with Crippen molar-refractivity contribution in [3.63, 3.8) is 0 Å². The van der Waals surface area contributed by atoms with Crippen molar-refractivity contribution in [2.75, 3.05) is 7.05 Å². The SMILES string of the molecule is CN(Cc1ccccc1Cl)C(=N)C(C)(C)C. The number of nitrogens with zero attached hydrogens (tertiary/aromatic N) is 1. The zero-order valence-corrected chi connectivity index (χ0v) is 11.1. The monoisotopic (exact) mass is 238 g/mol. The summed E-state index contributed by atoms with van der Waals surface area (Å²) in [6, 6.07) is 7.76. The summed E-state index contributed by atoms with van der Waals surface area (Å²) >= 11 is 6.09. The summed E-state index contributed by atoms with van der Waals surface area (Å²) in [5, 5.41) is 8.81. The number of halogens is 1. The maximum absolute atomic E-state index is 8.05. The van der Waals surface area contributed by atoms with Crippen LogP contribution in [0.2, 0.25) is 5.02 Å². The van der Waals surface area contributed by atoms with Gasteiger partial charge in [-0.2, -0.15) is 0 Å². The van der Waals surface area contributed by atoms with E-state index in [1.807, 2.05) is 57.0 Å². The molecule has 0 aliphatic carbocycles. The molecule has 88 valence electrons. The average molecular weight is 239 g/mol. The Morgan fingerprint density at radius 3 is 2.38 bits per heavy atom. The predicted octanol–water partition coefficient (Wildman–Crippen LogP) is 3.80. The summed E-state index contributed by atoms with van der Waals surface area (Å²) < 4.78 is 0. The molecule has 0 amide bonds. The van der Waals surface area contributed by atoms with E-state index >= 15 is 0 Å². The van der Waals surface area contributed by atoms with Crippen molar-refractivity contribution in [3.8, 4) is 0 Å². The summed E-state index contributed by atoms with van der Waals surface area (Å²) in [4.78, 5) is 1.93. The van der Waals surface area contributed by atoms with Crippen LogP contribution in [0.25, 0.3) is 0 Å². The van der Waals surface area contributed by atoms with Crippen LogP contribution in [0.5, 0.6) is 0 Å². The topological polar surface area (TPSA) is 27.1 Å². The molecule has 0 radical (unpaired) electrons. The van der Waals surface area contributed by atoms with Gasteiger partial charge in [-0.1, -0.05) is 50.6 Å². The van der Waals surface area contributed by atoms with Crippen molar-refractivity contribution >= 4 is 17.4 Å². The summed E-state index contributed by atoms with van der Waals surface area (Å²) in [5.41, 5.74) is 0.927. The van der Waals surface area contributed by atoms with Crippen LogP contribution in [0.1, 0.15) is 26.3 Å². The van der Waals surface area contributed by atoms with E-state index in [0.717, 1.165) is 10.6 Å². The highest BCUT2D eigenvalue weighted by molar-refractivity contribution is 6.31. The number of rotatable bonds is 2. The van der Waals surface area contributed by atoms with Gasteiger partial charge in [-0.05, 0) is 11.6 Å². The standard InChI is InChI=1S/C13H19ClN2/c1-13(2,3)12(15)16(4)9-10-7-5-6-8-11(10)14/h5-8,15H,9H2,1-4H3. The lowest BCUT2D eigenvalue weighted by molar-refractivity contribution is 0.417. The van der Waals surface area contributed by atoms with Crippen molar-refractivity contribution in [3.05, 3.63) is 34.9 Å². The van der Waals surface area contributed by atoms with E-state index in [9.17, 15) is 0 Å². The van der Waals surface area contributed by atoms with Gasteiger partial charge in [0.1, 0.15) is 5.84 Å². The van der Waals surface area contributed by atoms with Crippen LogP contribution in [-0.4, -0.2) is 17.8 Å². The number of hydrogen-bond donors (Lipinski definition) is 1. The lowest BCUT2D eigenvalue weighted by Gasteiger charge is -2.29. The minimum atomic E-state index is -0.129. The minimum Gasteiger partial charge on any atom is -0.359 e. The van der Waals surface area contributed by atoms with E-state index in [2.05, 4.69) is 0 Å². The third-order valence-electron chi connectivity index (χ3n) is 2.46. The van der Waals surface area contributed by atoms with Gasteiger partial charge < -0.3 is 4.90 Å². The molecule has 0 atom stereocenters. The Hall–Kier alpha value is -1.02. The molecule has 0 aromatic heterocycles. The highest BCUT2D eigenvalue weighted by Crippen LogP contribution is 2.21. The van der Waals surface area contributed by atoms with Gasteiger partial charge in [0.2, 0.25) is 0 Å². The van der Waals surface area contributed by atoms with Crippen LogP contribution in [0.3, 0.4) is 0 Å². The van der Waals surface area contributed by atoms with E-state index in [1.165, 1.54) is 0 Å². The van der Waals surface area contributed by atoms with Crippen molar-refractivity contribution in [1.29, 1.82) is 5.41 Å². The van der Waals surface area contributed by atoms with Crippen LogP contribution in [0, 0.1) is 10.8 Å². The highest BCUT2D eigenvalue weighted by atomic mass is 35.5. The molecule has 0 unspecified atom stereocenters. The molecule has 2 nitrogen and oxygen atoms in total. The molecule has 1 rings (SSSR count). The zero-order chi connectivity index (χ0) is 12.3. The summed E-state index contributed by atoms with van der Waals surface area (Å²) in [6.07, 6.45) is 0. The smallest absolute Gasteiger partial charge is 0.101 e. The first-order valence-electron chi connectivity index (χ1n) is 5.36. The van der Waals surface area contributed by atoms with E-state index in [-0.39, 0.29) is 5.41 Å². The normalized spacial score (nSPS) is 11.3. The van der Waals surface area contributed by atoms with Gasteiger partial charge >= 0.3 is 0 Å². The number of amidine groups is 1. The third-order valence-corrected chi connectivity index (χ3v) is 2.83. The molecule has 0 fully saturated rings. The Morgan fingerprint density at radius 2 is 1.88 bits per heavy atom. The largest absolute Gasteiger partial charge is 0.359 e. The second kappa shape index (κ2) is 4.88. The molecule has 0 aliphatic rings. The molecular formula is C13H19ClN2. The lowest BCUT2D eigenvalue weighted by atomic mass is 9.94. The fourth-order valence-corrected chi connectivity index (χ4v) is 1.73. The molecule has 0 bridgehead atoms. The Kier molecular flexibility index (Phi) is 3.98. The number of benzene rings is 1. The highest BCUT2D eigenvalue weighted by Gasteiger charge is 2.21. The molecule has 1 aromatic carbocycles. The fraction of sp³-hybridized carbons (Fsp3) is 0.462. The van der Waals surface area contributed by atoms with E-state index < -0.39 is 0 Å². The van der Waals surface area contributed by atoms with Crippen LogP contribution in [-0.2, 0) is 6.54 Å². The minimum absolute atomic E-state index is 0.129. The Bertz CT molecular complexity index is 380. The van der Waals surface area contributed by atoms with Gasteiger partial charge in [-0.15, -0.1) is 0 Å². The molecule has 0 aliphatic heterocycles. The zero-order valence-electron chi connectivity index (χ0n) is 10.3. The molecule has 0 spiro atoms. The molecular weight excluding hydrogens is 220 g/mol. The van der Waals surface area contributed by atoms with Crippen molar-refractivity contribution in [2.45, 2.75) is 27.3 Å². The Balaban J connectivity index is 2.76. The van der Waals surface area contributed by atoms with Gasteiger partial charge in [-0.25, -0.2) is 0 Å². The molecule has 0 saturated carbocycles. The molecule has 0 saturated heterocycles. The average Bonchev–Trinajstić information content (AvgIpc) is 2.19. The van der Waals surface area contributed by atoms with Crippen molar-refractivity contribution < 1.29 is 0 Å². The molecule has 1 N–H and O–H groups in total. The first-order chi connectivity index (χ1) is 7.32. The summed E-state index contributed by atoms with van der Waals surface area (Å²) in [6.45, 7) is 6.80. The van der Waals surface area contributed by atoms with E-state index in [1.54, 1.807) is 0 Å². The number of nitrogens with one attached hydrogen (secondary N) is 1. The van der Waals surface area contributed by atoms with Crippen molar-refractivity contribution in [1.82, 2.24) is 4.90 Å².